The Bertz CT molecular complexity index is 1290. The van der Waals surface area contributed by atoms with E-state index in [2.05, 4.69) is 0 Å². The van der Waals surface area contributed by atoms with Crippen molar-refractivity contribution in [2.45, 2.75) is 68.9 Å². The molecule has 1 saturated heterocycles. The van der Waals surface area contributed by atoms with Crippen LogP contribution >= 0.6 is 0 Å². The number of Topliss-reactive ketones (excluding diaryl/α,β-unsaturated/α-hetero) is 3. The molecule has 0 aromatic carbocycles. The third kappa shape index (κ3) is 4.19. The molecule has 0 radical (unpaired) electrons. The zero-order chi connectivity index (χ0) is 28.4. The molecule has 4 aliphatic carbocycles. The van der Waals surface area contributed by atoms with Crippen LogP contribution in [0.4, 0.5) is 0 Å². The summed E-state index contributed by atoms with van der Waals surface area (Å²) in [5.41, 5.74) is 3.15. The van der Waals surface area contributed by atoms with Gasteiger partial charge in [0.1, 0.15) is 35.4 Å². The van der Waals surface area contributed by atoms with Crippen LogP contribution in [-0.4, -0.2) is 92.8 Å². The maximum absolute atomic E-state index is 14.0. The third-order valence-electron chi connectivity index (χ3n) is 8.10. The Labute approximate surface area is 223 Å². The molecule has 1 aliphatic heterocycles. The highest BCUT2D eigenvalue weighted by molar-refractivity contribution is 6.22. The van der Waals surface area contributed by atoms with Crippen LogP contribution in [-0.2, 0) is 28.6 Å². The van der Waals surface area contributed by atoms with Crippen molar-refractivity contribution < 1.29 is 54.1 Å². The highest BCUT2D eigenvalue weighted by Gasteiger charge is 2.54. The first-order valence-corrected chi connectivity index (χ1v) is 12.7. The van der Waals surface area contributed by atoms with Crippen LogP contribution < -0.4 is 5.73 Å². The lowest BCUT2D eigenvalue weighted by Gasteiger charge is -2.42. The van der Waals surface area contributed by atoms with E-state index in [-0.39, 0.29) is 40.0 Å². The van der Waals surface area contributed by atoms with Crippen LogP contribution in [0.1, 0.15) is 32.6 Å². The standard InChI is InChI=1S/C27H31NO11/c1-10-22(31)13(28)6-17(38-10)39-15-8-27(36,16(30)9-29)7-12-19(15)26(35)21-20(24(12)33)23(32)11-4-3-5-14(37-2)18(11)25(21)34/h3-4,10,13-14,17,20,22,29,31,33-34,36H,5-9,28H2,1-2H3/t10-,13-,14?,17-,20?,22+,27-/m0/s1. The SMILES string of the molecule is COC1CC=CC2=C1C(O)=C1C(=O)C3=C(O[C@H]4C[C@H](N)[C@H](O)[C@H](C)O4)C[C@](O)(C(=O)CO)CC3=C(O)C1C2=O. The van der Waals surface area contributed by atoms with Gasteiger partial charge in [-0.05, 0) is 13.3 Å². The number of fused-ring (bicyclic) bond motifs is 2. The van der Waals surface area contributed by atoms with Gasteiger partial charge in [-0.3, -0.25) is 14.4 Å². The molecule has 12 nitrogen and oxygen atoms in total. The van der Waals surface area contributed by atoms with E-state index in [9.17, 15) is 39.9 Å². The molecule has 7 atom stereocenters. The molecule has 39 heavy (non-hydrogen) atoms. The maximum atomic E-state index is 14.0. The Balaban J connectivity index is 1.67. The third-order valence-corrected chi connectivity index (χ3v) is 8.10. The number of ketones is 3. The first kappa shape index (κ1) is 27.4. The Kier molecular flexibility index (Phi) is 6.90. The van der Waals surface area contributed by atoms with E-state index in [1.807, 2.05) is 0 Å². The molecule has 5 aliphatic rings. The van der Waals surface area contributed by atoms with Crippen molar-refractivity contribution in [3.63, 3.8) is 0 Å². The predicted octanol–water partition coefficient (Wildman–Crippen LogP) is -0.156. The molecular formula is C27H31NO11. The van der Waals surface area contributed by atoms with Crippen LogP contribution in [0.3, 0.4) is 0 Å². The number of carbonyl (C=O) groups excluding carboxylic acids is 3. The van der Waals surface area contributed by atoms with Gasteiger partial charge < -0.3 is 45.5 Å². The molecule has 1 fully saturated rings. The average molecular weight is 546 g/mol. The van der Waals surface area contributed by atoms with Crippen LogP contribution in [0.15, 0.2) is 57.3 Å². The summed E-state index contributed by atoms with van der Waals surface area (Å²) in [6.45, 7) is 0.549. The summed E-state index contributed by atoms with van der Waals surface area (Å²) < 4.78 is 17.1. The average Bonchev–Trinajstić information content (AvgIpc) is 2.90. The van der Waals surface area contributed by atoms with Gasteiger partial charge in [-0.2, -0.15) is 0 Å². The van der Waals surface area contributed by atoms with E-state index in [1.54, 1.807) is 13.0 Å². The van der Waals surface area contributed by atoms with Gasteiger partial charge in [0, 0.05) is 49.1 Å². The lowest BCUT2D eigenvalue weighted by Crippen LogP contribution is -2.52. The molecule has 1 heterocycles. The van der Waals surface area contributed by atoms with Crippen molar-refractivity contribution in [2.24, 2.45) is 11.7 Å². The number of methoxy groups -OCH3 is 1. The van der Waals surface area contributed by atoms with Gasteiger partial charge in [0.05, 0.1) is 29.5 Å². The summed E-state index contributed by atoms with van der Waals surface area (Å²) in [5.74, 6) is -5.38. The smallest absolute Gasteiger partial charge is 0.201 e. The number of hydrogen-bond donors (Lipinski definition) is 6. The normalized spacial score (nSPS) is 36.7. The highest BCUT2D eigenvalue weighted by atomic mass is 16.7. The summed E-state index contributed by atoms with van der Waals surface area (Å²) >= 11 is 0. The minimum Gasteiger partial charge on any atom is -0.511 e. The van der Waals surface area contributed by atoms with E-state index >= 15 is 0 Å². The number of hydrogen-bond acceptors (Lipinski definition) is 12. The van der Waals surface area contributed by atoms with Crippen molar-refractivity contribution in [1.29, 1.82) is 0 Å². The van der Waals surface area contributed by atoms with Gasteiger partial charge in [-0.15, -0.1) is 0 Å². The highest BCUT2D eigenvalue weighted by Crippen LogP contribution is 2.50. The van der Waals surface area contributed by atoms with Crippen molar-refractivity contribution in [1.82, 2.24) is 0 Å². The van der Waals surface area contributed by atoms with E-state index in [4.69, 9.17) is 19.9 Å². The molecule has 5 rings (SSSR count). The molecule has 0 aromatic heterocycles. The number of nitrogens with two attached hydrogens (primary N) is 1. The van der Waals surface area contributed by atoms with Gasteiger partial charge in [0.2, 0.25) is 6.29 Å². The number of ether oxygens (including phenoxy) is 3. The zero-order valence-corrected chi connectivity index (χ0v) is 21.4. The van der Waals surface area contributed by atoms with Crippen molar-refractivity contribution in [2.75, 3.05) is 13.7 Å². The number of allylic oxidation sites excluding steroid dienone is 4. The fourth-order valence-corrected chi connectivity index (χ4v) is 5.99. The van der Waals surface area contributed by atoms with Crippen molar-refractivity contribution >= 4 is 17.3 Å². The van der Waals surface area contributed by atoms with Crippen molar-refractivity contribution in [3.8, 4) is 0 Å². The minimum atomic E-state index is -2.27. The second-order valence-corrected chi connectivity index (χ2v) is 10.5. The molecule has 0 aromatic rings. The molecule has 12 heteroatoms. The van der Waals surface area contributed by atoms with Gasteiger partial charge >= 0.3 is 0 Å². The number of aliphatic hydroxyl groups is 5. The predicted molar refractivity (Wildman–Crippen MR) is 132 cm³/mol. The molecule has 0 bridgehead atoms. The van der Waals surface area contributed by atoms with Gasteiger partial charge in [-0.25, -0.2) is 0 Å². The molecule has 7 N–H and O–H groups in total. The quantitative estimate of drug-likeness (QED) is 0.267. The summed E-state index contributed by atoms with van der Waals surface area (Å²) in [4.78, 5) is 40.1. The maximum Gasteiger partial charge on any atom is 0.201 e. The lowest BCUT2D eigenvalue weighted by molar-refractivity contribution is -0.211. The zero-order valence-electron chi connectivity index (χ0n) is 21.4. The number of rotatable bonds is 5. The topological polar surface area (TPSA) is 206 Å². The van der Waals surface area contributed by atoms with Crippen LogP contribution in [0, 0.1) is 5.92 Å². The van der Waals surface area contributed by atoms with Crippen LogP contribution in [0.25, 0.3) is 0 Å². The van der Waals surface area contributed by atoms with E-state index < -0.39 is 90.5 Å². The molecule has 0 amide bonds. The second-order valence-electron chi connectivity index (χ2n) is 10.5. The molecule has 210 valence electrons. The molecule has 0 spiro atoms. The number of aliphatic hydroxyl groups excluding tert-OH is 4. The van der Waals surface area contributed by atoms with Crippen molar-refractivity contribution in [3.05, 3.63) is 57.3 Å². The Morgan fingerprint density at radius 1 is 1.23 bits per heavy atom. The van der Waals surface area contributed by atoms with Crippen LogP contribution in [0.2, 0.25) is 0 Å². The first-order valence-electron chi connectivity index (χ1n) is 12.7. The van der Waals surface area contributed by atoms with E-state index in [0.717, 1.165) is 0 Å². The molecular weight excluding hydrogens is 514 g/mol. The van der Waals surface area contributed by atoms with Gasteiger partial charge in [0.25, 0.3) is 0 Å². The molecule has 2 unspecified atom stereocenters. The van der Waals surface area contributed by atoms with Gasteiger partial charge in [-0.1, -0.05) is 12.2 Å². The van der Waals surface area contributed by atoms with Crippen LogP contribution in [0.5, 0.6) is 0 Å². The fourth-order valence-electron chi connectivity index (χ4n) is 5.99. The summed E-state index contributed by atoms with van der Waals surface area (Å²) in [7, 11) is 1.41. The monoisotopic (exact) mass is 545 g/mol. The largest absolute Gasteiger partial charge is 0.511 e. The summed E-state index contributed by atoms with van der Waals surface area (Å²) in [5, 5.41) is 53.5. The summed E-state index contributed by atoms with van der Waals surface area (Å²) in [6, 6.07) is -0.737. The Morgan fingerprint density at radius 2 is 1.95 bits per heavy atom. The minimum absolute atomic E-state index is 0.00103. The van der Waals surface area contributed by atoms with E-state index in [1.165, 1.54) is 13.2 Å². The Morgan fingerprint density at radius 3 is 2.59 bits per heavy atom. The first-order chi connectivity index (χ1) is 18.4. The summed E-state index contributed by atoms with van der Waals surface area (Å²) in [6.07, 6.45) is -1.11. The lowest BCUT2D eigenvalue weighted by atomic mass is 9.65. The molecule has 0 saturated carbocycles. The van der Waals surface area contributed by atoms with Gasteiger partial charge in [0.15, 0.2) is 17.3 Å². The number of carbonyl (C=O) groups is 3. The van der Waals surface area contributed by atoms with E-state index in [0.29, 0.717) is 6.42 Å². The Hall–Kier alpha value is -3.13. The second kappa shape index (κ2) is 9.81. The fraction of sp³-hybridized carbons (Fsp3) is 0.519.